The van der Waals surface area contributed by atoms with Gasteiger partial charge in [0.25, 0.3) is 0 Å². The van der Waals surface area contributed by atoms with Crippen LogP contribution in [0.3, 0.4) is 0 Å². The summed E-state index contributed by atoms with van der Waals surface area (Å²) in [6.45, 7) is 2.10. The van der Waals surface area contributed by atoms with Crippen LogP contribution >= 0.6 is 15.9 Å². The van der Waals surface area contributed by atoms with Crippen LogP contribution in [0.15, 0.2) is 46.9 Å². The minimum Gasteiger partial charge on any atom is -0.313 e. The van der Waals surface area contributed by atoms with Crippen LogP contribution in [0.5, 0.6) is 0 Å². The van der Waals surface area contributed by atoms with Crippen molar-refractivity contribution in [2.24, 2.45) is 0 Å². The van der Waals surface area contributed by atoms with Crippen molar-refractivity contribution < 1.29 is 4.39 Å². The highest BCUT2D eigenvalue weighted by Crippen LogP contribution is 2.24. The van der Waals surface area contributed by atoms with Crippen LogP contribution in [-0.2, 0) is 6.42 Å². The maximum absolute atomic E-state index is 13.5. The van der Waals surface area contributed by atoms with E-state index in [-0.39, 0.29) is 11.9 Å². The monoisotopic (exact) mass is 321 g/mol. The van der Waals surface area contributed by atoms with Gasteiger partial charge in [-0.25, -0.2) is 4.39 Å². The maximum Gasteiger partial charge on any atom is 0.124 e. The van der Waals surface area contributed by atoms with Gasteiger partial charge in [0.2, 0.25) is 0 Å². The molecule has 0 aliphatic rings. The lowest BCUT2D eigenvalue weighted by atomic mass is 9.96. The smallest absolute Gasteiger partial charge is 0.124 e. The van der Waals surface area contributed by atoms with Crippen molar-refractivity contribution in [1.82, 2.24) is 5.32 Å². The Bertz CT molecular complexity index is 548. The Morgan fingerprint density at radius 1 is 1.21 bits per heavy atom. The molecule has 0 fully saturated rings. The van der Waals surface area contributed by atoms with Gasteiger partial charge >= 0.3 is 0 Å². The molecular weight excluding hydrogens is 305 g/mol. The first-order valence-electron chi connectivity index (χ1n) is 6.28. The second kappa shape index (κ2) is 6.31. The number of likely N-dealkylation sites (N-methyl/N-ethyl adjacent to an activating group) is 1. The minimum atomic E-state index is -0.214. The third kappa shape index (κ3) is 3.64. The molecule has 19 heavy (non-hydrogen) atoms. The van der Waals surface area contributed by atoms with Crippen LogP contribution < -0.4 is 5.32 Å². The Hall–Kier alpha value is -1.19. The summed E-state index contributed by atoms with van der Waals surface area (Å²) in [6.07, 6.45) is 0.846. The SMILES string of the molecule is CNC(Cc1ccccc1C)c1cc(F)cc(Br)c1. The van der Waals surface area contributed by atoms with Crippen LogP contribution in [0.25, 0.3) is 0 Å². The molecule has 2 aromatic rings. The van der Waals surface area contributed by atoms with Gasteiger partial charge in [-0.3, -0.25) is 0 Å². The van der Waals surface area contributed by atoms with Crippen LogP contribution in [0.1, 0.15) is 22.7 Å². The Morgan fingerprint density at radius 2 is 1.95 bits per heavy atom. The Balaban J connectivity index is 2.28. The molecule has 0 aliphatic heterocycles. The van der Waals surface area contributed by atoms with Crippen LogP contribution in [0, 0.1) is 12.7 Å². The van der Waals surface area contributed by atoms with Gasteiger partial charge in [-0.2, -0.15) is 0 Å². The molecule has 0 spiro atoms. The zero-order valence-corrected chi connectivity index (χ0v) is 12.7. The highest BCUT2D eigenvalue weighted by Gasteiger charge is 2.13. The highest BCUT2D eigenvalue weighted by molar-refractivity contribution is 9.10. The second-order valence-electron chi connectivity index (χ2n) is 4.67. The van der Waals surface area contributed by atoms with E-state index in [2.05, 4.69) is 40.3 Å². The minimum absolute atomic E-state index is 0.105. The fourth-order valence-electron chi connectivity index (χ4n) is 2.22. The molecular formula is C16H17BrFN. The van der Waals surface area contributed by atoms with Crippen molar-refractivity contribution in [3.05, 3.63) is 69.4 Å². The lowest BCUT2D eigenvalue weighted by Crippen LogP contribution is -2.19. The van der Waals surface area contributed by atoms with Crippen molar-refractivity contribution in [3.63, 3.8) is 0 Å². The normalized spacial score (nSPS) is 12.4. The third-order valence-corrected chi connectivity index (χ3v) is 3.78. The van der Waals surface area contributed by atoms with Gasteiger partial charge in [0.15, 0.2) is 0 Å². The lowest BCUT2D eigenvalue weighted by Gasteiger charge is -2.18. The van der Waals surface area contributed by atoms with E-state index in [0.29, 0.717) is 0 Å². The number of rotatable bonds is 4. The van der Waals surface area contributed by atoms with Crippen LogP contribution in [0.4, 0.5) is 4.39 Å². The maximum atomic E-state index is 13.5. The molecule has 1 atom stereocenters. The van der Waals surface area contributed by atoms with Gasteiger partial charge < -0.3 is 5.32 Å². The summed E-state index contributed by atoms with van der Waals surface area (Å²) in [4.78, 5) is 0. The molecule has 0 amide bonds. The zero-order chi connectivity index (χ0) is 13.8. The van der Waals surface area contributed by atoms with E-state index in [1.165, 1.54) is 17.2 Å². The van der Waals surface area contributed by atoms with E-state index in [0.717, 1.165) is 16.5 Å². The predicted octanol–water partition coefficient (Wildman–Crippen LogP) is 4.40. The molecule has 1 unspecified atom stereocenters. The summed E-state index contributed by atoms with van der Waals surface area (Å²) in [5.41, 5.74) is 3.50. The first-order valence-corrected chi connectivity index (χ1v) is 7.07. The molecule has 2 rings (SSSR count). The molecule has 0 saturated heterocycles. The third-order valence-electron chi connectivity index (χ3n) is 3.32. The number of hydrogen-bond acceptors (Lipinski definition) is 1. The fourth-order valence-corrected chi connectivity index (χ4v) is 2.70. The van der Waals surface area contributed by atoms with Gasteiger partial charge in [-0.1, -0.05) is 40.2 Å². The molecule has 2 aromatic carbocycles. The Labute approximate surface area is 122 Å². The summed E-state index contributed by atoms with van der Waals surface area (Å²) >= 11 is 3.34. The molecule has 0 radical (unpaired) electrons. The molecule has 1 N–H and O–H groups in total. The number of hydrogen-bond donors (Lipinski definition) is 1. The second-order valence-corrected chi connectivity index (χ2v) is 5.59. The van der Waals surface area contributed by atoms with Crippen molar-refractivity contribution in [1.29, 1.82) is 0 Å². The number of nitrogens with one attached hydrogen (secondary N) is 1. The number of aryl methyl sites for hydroxylation is 1. The standard InChI is InChI=1S/C16H17BrFN/c1-11-5-3-4-6-12(11)9-16(19-2)13-7-14(17)10-15(18)8-13/h3-8,10,16,19H,9H2,1-2H3. The summed E-state index contributed by atoms with van der Waals surface area (Å²) in [5, 5.41) is 3.26. The van der Waals surface area contributed by atoms with E-state index in [1.807, 2.05) is 25.2 Å². The van der Waals surface area contributed by atoms with Gasteiger partial charge in [0.05, 0.1) is 0 Å². The fraction of sp³-hybridized carbons (Fsp3) is 0.250. The molecule has 0 aromatic heterocycles. The van der Waals surface area contributed by atoms with Gasteiger partial charge in [0.1, 0.15) is 5.82 Å². The quantitative estimate of drug-likeness (QED) is 0.880. The van der Waals surface area contributed by atoms with Crippen molar-refractivity contribution in [3.8, 4) is 0 Å². The average Bonchev–Trinajstić information content (AvgIpc) is 2.36. The summed E-state index contributed by atoms with van der Waals surface area (Å²) < 4.78 is 14.3. The molecule has 3 heteroatoms. The molecule has 0 saturated carbocycles. The molecule has 0 heterocycles. The topological polar surface area (TPSA) is 12.0 Å². The first kappa shape index (κ1) is 14.2. The predicted molar refractivity (Wildman–Crippen MR) is 80.8 cm³/mol. The van der Waals surface area contributed by atoms with Gasteiger partial charge in [-0.15, -0.1) is 0 Å². The van der Waals surface area contributed by atoms with Crippen LogP contribution in [-0.4, -0.2) is 7.05 Å². The lowest BCUT2D eigenvalue weighted by molar-refractivity contribution is 0.575. The molecule has 0 bridgehead atoms. The van der Waals surface area contributed by atoms with E-state index in [1.54, 1.807) is 6.07 Å². The zero-order valence-electron chi connectivity index (χ0n) is 11.1. The summed E-state index contributed by atoms with van der Waals surface area (Å²) in [7, 11) is 1.90. The first-order chi connectivity index (χ1) is 9.10. The highest BCUT2D eigenvalue weighted by atomic mass is 79.9. The Kier molecular flexibility index (Phi) is 4.72. The summed E-state index contributed by atoms with van der Waals surface area (Å²) in [6, 6.07) is 13.4. The van der Waals surface area contributed by atoms with E-state index in [9.17, 15) is 4.39 Å². The van der Waals surface area contributed by atoms with E-state index in [4.69, 9.17) is 0 Å². The number of halogens is 2. The number of benzene rings is 2. The Morgan fingerprint density at radius 3 is 2.58 bits per heavy atom. The molecule has 0 aliphatic carbocycles. The van der Waals surface area contributed by atoms with Crippen molar-refractivity contribution in [2.75, 3.05) is 7.05 Å². The van der Waals surface area contributed by atoms with E-state index >= 15 is 0 Å². The van der Waals surface area contributed by atoms with Gasteiger partial charge in [0, 0.05) is 10.5 Å². The van der Waals surface area contributed by atoms with E-state index < -0.39 is 0 Å². The molecule has 1 nitrogen and oxygen atoms in total. The summed E-state index contributed by atoms with van der Waals surface area (Å²) in [5.74, 6) is -0.214. The van der Waals surface area contributed by atoms with Gasteiger partial charge in [-0.05, 0) is 55.3 Å². The van der Waals surface area contributed by atoms with Crippen LogP contribution in [0.2, 0.25) is 0 Å². The average molecular weight is 322 g/mol. The largest absolute Gasteiger partial charge is 0.313 e. The molecule has 100 valence electrons. The van der Waals surface area contributed by atoms with Crippen molar-refractivity contribution >= 4 is 15.9 Å². The van der Waals surface area contributed by atoms with Crippen molar-refractivity contribution in [2.45, 2.75) is 19.4 Å².